The minimum atomic E-state index is -0.420. The van der Waals surface area contributed by atoms with Gasteiger partial charge in [-0.05, 0) is 17.7 Å². The zero-order valence-electron chi connectivity index (χ0n) is 14.4. The van der Waals surface area contributed by atoms with Gasteiger partial charge in [0.1, 0.15) is 12.4 Å². The minimum absolute atomic E-state index is 0.420. The Labute approximate surface area is 154 Å². The highest BCUT2D eigenvalue weighted by Gasteiger charge is 2.19. The number of hydrogen-bond acceptors (Lipinski definition) is 4. The largest absolute Gasteiger partial charge is 0.491 e. The number of aliphatic hydroxyl groups is 1. The van der Waals surface area contributed by atoms with Gasteiger partial charge in [-0.15, -0.1) is 0 Å². The molecule has 4 nitrogen and oxygen atoms in total. The smallest absolute Gasteiger partial charge is 0.137 e. The van der Waals surface area contributed by atoms with E-state index in [0.717, 1.165) is 44.0 Å². The molecule has 0 amide bonds. The van der Waals surface area contributed by atoms with Crippen LogP contribution in [0, 0.1) is 0 Å². The van der Waals surface area contributed by atoms with Crippen LogP contribution < -0.4 is 4.74 Å². The first-order valence-corrected chi connectivity index (χ1v) is 9.15. The molecule has 3 rings (SSSR count). The van der Waals surface area contributed by atoms with E-state index in [0.29, 0.717) is 18.2 Å². The summed E-state index contributed by atoms with van der Waals surface area (Å²) in [5.41, 5.74) is 0.984. The SMILES string of the molecule is O[C@@H](CN1CCN(CCOc2ccccc2Cl)CC1)c1ccccc1. The highest BCUT2D eigenvalue weighted by molar-refractivity contribution is 6.32. The van der Waals surface area contributed by atoms with Crippen molar-refractivity contribution in [2.24, 2.45) is 0 Å². The lowest BCUT2D eigenvalue weighted by atomic mass is 10.1. The lowest BCUT2D eigenvalue weighted by molar-refractivity contribution is 0.0676. The van der Waals surface area contributed by atoms with Crippen LogP contribution in [0.15, 0.2) is 54.6 Å². The Bertz CT molecular complexity index is 645. The van der Waals surface area contributed by atoms with Gasteiger partial charge in [-0.25, -0.2) is 0 Å². The van der Waals surface area contributed by atoms with Crippen molar-refractivity contribution < 1.29 is 9.84 Å². The summed E-state index contributed by atoms with van der Waals surface area (Å²) in [6.45, 7) is 6.14. The van der Waals surface area contributed by atoms with Crippen LogP contribution in [0.5, 0.6) is 5.75 Å². The van der Waals surface area contributed by atoms with E-state index < -0.39 is 6.10 Å². The molecular weight excluding hydrogens is 336 g/mol. The van der Waals surface area contributed by atoms with Gasteiger partial charge in [-0.1, -0.05) is 54.1 Å². The number of nitrogens with zero attached hydrogens (tertiary/aromatic N) is 2. The van der Waals surface area contributed by atoms with Gasteiger partial charge in [0.05, 0.1) is 11.1 Å². The van der Waals surface area contributed by atoms with E-state index in [1.165, 1.54) is 0 Å². The van der Waals surface area contributed by atoms with Crippen molar-refractivity contribution in [2.45, 2.75) is 6.10 Å². The number of halogens is 1. The molecular formula is C20H25ClN2O2. The van der Waals surface area contributed by atoms with Gasteiger partial charge >= 0.3 is 0 Å². The third kappa shape index (κ3) is 5.44. The summed E-state index contributed by atoms with van der Waals surface area (Å²) in [5.74, 6) is 0.744. The van der Waals surface area contributed by atoms with Crippen LogP contribution in [0.3, 0.4) is 0 Å². The summed E-state index contributed by atoms with van der Waals surface area (Å²) in [4.78, 5) is 4.71. The molecule has 25 heavy (non-hydrogen) atoms. The Morgan fingerprint density at radius 2 is 1.56 bits per heavy atom. The van der Waals surface area contributed by atoms with Crippen molar-refractivity contribution in [3.8, 4) is 5.75 Å². The fraction of sp³-hybridized carbons (Fsp3) is 0.400. The number of piperazine rings is 1. The first kappa shape index (κ1) is 18.2. The highest BCUT2D eigenvalue weighted by Crippen LogP contribution is 2.23. The van der Waals surface area contributed by atoms with E-state index in [2.05, 4.69) is 9.80 Å². The number of benzene rings is 2. The average Bonchev–Trinajstić information content (AvgIpc) is 2.65. The Balaban J connectivity index is 1.37. The molecule has 134 valence electrons. The molecule has 1 N–H and O–H groups in total. The summed E-state index contributed by atoms with van der Waals surface area (Å²) in [6, 6.07) is 17.4. The van der Waals surface area contributed by atoms with E-state index in [1.54, 1.807) is 0 Å². The number of hydrogen-bond donors (Lipinski definition) is 1. The van der Waals surface area contributed by atoms with Gasteiger partial charge in [0, 0.05) is 39.3 Å². The molecule has 1 aliphatic rings. The quantitative estimate of drug-likeness (QED) is 0.823. The molecule has 0 radical (unpaired) electrons. The lowest BCUT2D eigenvalue weighted by Gasteiger charge is -2.35. The summed E-state index contributed by atoms with van der Waals surface area (Å²) in [6.07, 6.45) is -0.420. The van der Waals surface area contributed by atoms with Crippen LogP contribution in [0.4, 0.5) is 0 Å². The standard InChI is InChI=1S/C20H25ClN2O2/c21-18-8-4-5-9-20(18)25-15-14-22-10-12-23(13-11-22)16-19(24)17-6-2-1-3-7-17/h1-9,19,24H,10-16H2/t19-/m0/s1. The zero-order chi connectivity index (χ0) is 17.5. The third-order valence-electron chi connectivity index (χ3n) is 4.58. The maximum Gasteiger partial charge on any atom is 0.137 e. The number of ether oxygens (including phenoxy) is 1. The van der Waals surface area contributed by atoms with Gasteiger partial charge < -0.3 is 9.84 Å². The van der Waals surface area contributed by atoms with Gasteiger partial charge in [0.2, 0.25) is 0 Å². The molecule has 1 heterocycles. The van der Waals surface area contributed by atoms with Crippen molar-refractivity contribution in [3.05, 3.63) is 65.2 Å². The van der Waals surface area contributed by atoms with Gasteiger partial charge in [0.25, 0.3) is 0 Å². The summed E-state index contributed by atoms with van der Waals surface area (Å²) in [7, 11) is 0. The maximum atomic E-state index is 10.3. The molecule has 0 unspecified atom stereocenters. The predicted molar refractivity (Wildman–Crippen MR) is 101 cm³/mol. The number of rotatable bonds is 7. The Kier molecular flexibility index (Phi) is 6.70. The second-order valence-electron chi connectivity index (χ2n) is 6.35. The first-order chi connectivity index (χ1) is 12.2. The fourth-order valence-electron chi connectivity index (χ4n) is 3.07. The fourth-order valence-corrected chi connectivity index (χ4v) is 3.26. The molecule has 1 saturated heterocycles. The average molecular weight is 361 g/mol. The predicted octanol–water partition coefficient (Wildman–Crippen LogP) is 3.07. The van der Waals surface area contributed by atoms with Gasteiger partial charge in [-0.3, -0.25) is 9.80 Å². The van der Waals surface area contributed by atoms with E-state index in [1.807, 2.05) is 54.6 Å². The summed E-state index contributed by atoms with van der Waals surface area (Å²) >= 11 is 6.09. The van der Waals surface area contributed by atoms with Crippen LogP contribution in [-0.4, -0.2) is 60.8 Å². The molecule has 0 aliphatic carbocycles. The van der Waals surface area contributed by atoms with Crippen LogP contribution in [-0.2, 0) is 0 Å². The number of para-hydroxylation sites is 1. The molecule has 0 spiro atoms. The minimum Gasteiger partial charge on any atom is -0.491 e. The second-order valence-corrected chi connectivity index (χ2v) is 6.75. The van der Waals surface area contributed by atoms with E-state index in [4.69, 9.17) is 16.3 Å². The molecule has 2 aromatic carbocycles. The molecule has 2 aromatic rings. The maximum absolute atomic E-state index is 10.3. The van der Waals surface area contributed by atoms with Crippen molar-refractivity contribution in [3.63, 3.8) is 0 Å². The topological polar surface area (TPSA) is 35.9 Å². The molecule has 5 heteroatoms. The van der Waals surface area contributed by atoms with Crippen molar-refractivity contribution in [1.29, 1.82) is 0 Å². The zero-order valence-corrected chi connectivity index (χ0v) is 15.1. The normalized spacial score (nSPS) is 17.4. The summed E-state index contributed by atoms with van der Waals surface area (Å²) < 4.78 is 5.76. The third-order valence-corrected chi connectivity index (χ3v) is 4.89. The molecule has 1 fully saturated rings. The second kappa shape index (κ2) is 9.20. The molecule has 1 aliphatic heterocycles. The first-order valence-electron chi connectivity index (χ1n) is 8.77. The number of β-amino-alcohol motifs (C(OH)–C–C–N with tert-alkyl or cyclic N) is 1. The Morgan fingerprint density at radius 1 is 0.920 bits per heavy atom. The number of aliphatic hydroxyl groups excluding tert-OH is 1. The molecule has 0 bridgehead atoms. The molecule has 1 atom stereocenters. The van der Waals surface area contributed by atoms with E-state index >= 15 is 0 Å². The van der Waals surface area contributed by atoms with Gasteiger partial charge in [-0.2, -0.15) is 0 Å². The lowest BCUT2D eigenvalue weighted by Crippen LogP contribution is -2.48. The van der Waals surface area contributed by atoms with E-state index in [9.17, 15) is 5.11 Å². The van der Waals surface area contributed by atoms with Crippen LogP contribution in [0.2, 0.25) is 5.02 Å². The monoisotopic (exact) mass is 360 g/mol. The van der Waals surface area contributed by atoms with E-state index in [-0.39, 0.29) is 0 Å². The van der Waals surface area contributed by atoms with Crippen molar-refractivity contribution in [1.82, 2.24) is 9.80 Å². The Morgan fingerprint density at radius 3 is 2.28 bits per heavy atom. The van der Waals surface area contributed by atoms with Crippen molar-refractivity contribution in [2.75, 3.05) is 45.9 Å². The van der Waals surface area contributed by atoms with Crippen LogP contribution >= 0.6 is 11.6 Å². The highest BCUT2D eigenvalue weighted by atomic mass is 35.5. The molecule has 0 aromatic heterocycles. The van der Waals surface area contributed by atoms with Crippen LogP contribution in [0.1, 0.15) is 11.7 Å². The summed E-state index contributed by atoms with van der Waals surface area (Å²) in [5, 5.41) is 11.0. The van der Waals surface area contributed by atoms with Crippen molar-refractivity contribution >= 4 is 11.6 Å². The van der Waals surface area contributed by atoms with Crippen LogP contribution in [0.25, 0.3) is 0 Å². The van der Waals surface area contributed by atoms with Gasteiger partial charge in [0.15, 0.2) is 0 Å². The Hall–Kier alpha value is -1.59. The molecule has 0 saturated carbocycles.